The fourth-order valence-corrected chi connectivity index (χ4v) is 2.81. The number of nitriles is 1. The summed E-state index contributed by atoms with van der Waals surface area (Å²) < 4.78 is 11.2. The van der Waals surface area contributed by atoms with E-state index in [9.17, 15) is 9.90 Å². The summed E-state index contributed by atoms with van der Waals surface area (Å²) in [6.45, 7) is 0.377. The second kappa shape index (κ2) is 9.29. The van der Waals surface area contributed by atoms with E-state index in [0.717, 1.165) is 5.56 Å². The van der Waals surface area contributed by atoms with Gasteiger partial charge in [0, 0.05) is 5.69 Å². The van der Waals surface area contributed by atoms with Crippen LogP contribution in [0, 0.1) is 11.3 Å². The third-order valence-corrected chi connectivity index (χ3v) is 4.33. The van der Waals surface area contributed by atoms with Crippen molar-refractivity contribution in [1.82, 2.24) is 0 Å². The van der Waals surface area contributed by atoms with Crippen LogP contribution in [0.1, 0.15) is 22.7 Å². The standard InChI is InChI=1S/C23H20N2O4/c1-28-21-13-18(9-12-20(21)29-15-17-5-3-2-4-6-17)22(23(26)27)25-19-10-7-16(14-24)8-11-19/h2-13,22,25H,15H2,1H3,(H,26,27)/t22-/m1/s1. The van der Waals surface area contributed by atoms with Gasteiger partial charge in [0.05, 0.1) is 18.7 Å². The molecule has 0 aromatic heterocycles. The molecule has 0 radical (unpaired) electrons. The lowest BCUT2D eigenvalue weighted by Crippen LogP contribution is -2.20. The second-order valence-electron chi connectivity index (χ2n) is 6.29. The molecule has 0 amide bonds. The summed E-state index contributed by atoms with van der Waals surface area (Å²) in [5, 5.41) is 21.5. The summed E-state index contributed by atoms with van der Waals surface area (Å²) in [6, 6.07) is 22.4. The number of nitrogens with zero attached hydrogens (tertiary/aromatic N) is 1. The van der Waals surface area contributed by atoms with Crippen LogP contribution >= 0.6 is 0 Å². The molecule has 3 rings (SSSR count). The van der Waals surface area contributed by atoms with Crippen molar-refractivity contribution in [3.63, 3.8) is 0 Å². The zero-order valence-corrected chi connectivity index (χ0v) is 15.8. The molecule has 0 unspecified atom stereocenters. The van der Waals surface area contributed by atoms with E-state index in [2.05, 4.69) is 5.32 Å². The molecule has 146 valence electrons. The van der Waals surface area contributed by atoms with Crippen LogP contribution in [-0.4, -0.2) is 18.2 Å². The largest absolute Gasteiger partial charge is 0.493 e. The molecule has 0 saturated carbocycles. The summed E-state index contributed by atoms with van der Waals surface area (Å²) in [5.41, 5.74) is 2.64. The number of carbonyl (C=O) groups is 1. The molecule has 3 aromatic carbocycles. The van der Waals surface area contributed by atoms with Crippen LogP contribution in [0.5, 0.6) is 11.5 Å². The maximum atomic E-state index is 11.8. The van der Waals surface area contributed by atoms with E-state index in [-0.39, 0.29) is 0 Å². The van der Waals surface area contributed by atoms with E-state index in [1.165, 1.54) is 7.11 Å². The van der Waals surface area contributed by atoms with Crippen molar-refractivity contribution in [3.05, 3.63) is 89.5 Å². The fourth-order valence-electron chi connectivity index (χ4n) is 2.81. The summed E-state index contributed by atoms with van der Waals surface area (Å²) in [7, 11) is 1.51. The average molecular weight is 388 g/mol. The number of benzene rings is 3. The normalized spacial score (nSPS) is 11.2. The van der Waals surface area contributed by atoms with E-state index < -0.39 is 12.0 Å². The minimum Gasteiger partial charge on any atom is -0.493 e. The van der Waals surface area contributed by atoms with E-state index in [1.807, 2.05) is 36.4 Å². The molecule has 3 aromatic rings. The Kier molecular flexibility index (Phi) is 6.33. The molecule has 6 nitrogen and oxygen atoms in total. The van der Waals surface area contributed by atoms with Gasteiger partial charge < -0.3 is 19.9 Å². The highest BCUT2D eigenvalue weighted by Gasteiger charge is 2.21. The Morgan fingerprint density at radius 1 is 1.07 bits per heavy atom. The van der Waals surface area contributed by atoms with E-state index in [1.54, 1.807) is 42.5 Å². The summed E-state index contributed by atoms with van der Waals surface area (Å²) in [4.78, 5) is 11.8. The van der Waals surface area contributed by atoms with E-state index in [0.29, 0.717) is 34.9 Å². The number of methoxy groups -OCH3 is 1. The quantitative estimate of drug-likeness (QED) is 0.595. The number of aliphatic carboxylic acids is 1. The first-order valence-corrected chi connectivity index (χ1v) is 8.95. The number of hydrogen-bond acceptors (Lipinski definition) is 5. The molecule has 0 spiro atoms. The van der Waals surface area contributed by atoms with Crippen LogP contribution in [0.4, 0.5) is 5.69 Å². The minimum atomic E-state index is -1.03. The zero-order valence-electron chi connectivity index (χ0n) is 15.8. The third-order valence-electron chi connectivity index (χ3n) is 4.33. The number of nitrogens with one attached hydrogen (secondary N) is 1. The molecule has 0 bridgehead atoms. The van der Waals surface area contributed by atoms with Crippen LogP contribution in [0.2, 0.25) is 0 Å². The van der Waals surface area contributed by atoms with Gasteiger partial charge >= 0.3 is 5.97 Å². The van der Waals surface area contributed by atoms with Gasteiger partial charge in [-0.25, -0.2) is 4.79 Å². The fraction of sp³-hybridized carbons (Fsp3) is 0.130. The van der Waals surface area contributed by atoms with Gasteiger partial charge in [0.2, 0.25) is 0 Å². The van der Waals surface area contributed by atoms with Gasteiger partial charge in [-0.2, -0.15) is 5.26 Å². The second-order valence-corrected chi connectivity index (χ2v) is 6.29. The summed E-state index contributed by atoms with van der Waals surface area (Å²) >= 11 is 0. The highest BCUT2D eigenvalue weighted by molar-refractivity contribution is 5.79. The first-order chi connectivity index (χ1) is 14.1. The topological polar surface area (TPSA) is 91.6 Å². The number of anilines is 1. The Morgan fingerprint density at radius 3 is 2.41 bits per heavy atom. The first kappa shape index (κ1) is 19.8. The number of hydrogen-bond donors (Lipinski definition) is 2. The SMILES string of the molecule is COc1cc([C@@H](Nc2ccc(C#N)cc2)C(=O)O)ccc1OCc1ccccc1. The van der Waals surface area contributed by atoms with Gasteiger partial charge in [-0.15, -0.1) is 0 Å². The molecular weight excluding hydrogens is 368 g/mol. The third kappa shape index (κ3) is 5.05. The van der Waals surface area contributed by atoms with Crippen molar-refractivity contribution in [1.29, 1.82) is 5.26 Å². The molecule has 1 atom stereocenters. The molecule has 29 heavy (non-hydrogen) atoms. The molecular formula is C23H20N2O4. The monoisotopic (exact) mass is 388 g/mol. The van der Waals surface area contributed by atoms with Crippen molar-refractivity contribution in [2.45, 2.75) is 12.6 Å². The molecule has 0 saturated heterocycles. The maximum absolute atomic E-state index is 11.8. The lowest BCUT2D eigenvalue weighted by molar-refractivity contribution is -0.138. The Bertz CT molecular complexity index is 1010. The van der Waals surface area contributed by atoms with Crippen molar-refractivity contribution < 1.29 is 19.4 Å². The summed E-state index contributed by atoms with van der Waals surface area (Å²) in [5.74, 6) is -0.0525. The lowest BCUT2D eigenvalue weighted by Gasteiger charge is -2.18. The Labute approximate surface area is 168 Å². The predicted octanol–water partition coefficient (Wildman–Crippen LogP) is 4.38. The highest BCUT2D eigenvalue weighted by atomic mass is 16.5. The van der Waals surface area contributed by atoms with Crippen LogP contribution < -0.4 is 14.8 Å². The van der Waals surface area contributed by atoms with Crippen LogP contribution in [0.3, 0.4) is 0 Å². The average Bonchev–Trinajstić information content (AvgIpc) is 2.77. The van der Waals surface area contributed by atoms with Gasteiger partial charge in [0.25, 0.3) is 0 Å². The molecule has 0 aliphatic heterocycles. The molecule has 0 aliphatic rings. The zero-order chi connectivity index (χ0) is 20.6. The molecule has 0 aliphatic carbocycles. The molecule has 6 heteroatoms. The Hall–Kier alpha value is -3.98. The van der Waals surface area contributed by atoms with Gasteiger partial charge in [-0.1, -0.05) is 36.4 Å². The van der Waals surface area contributed by atoms with Gasteiger partial charge in [-0.05, 0) is 47.5 Å². The van der Waals surface area contributed by atoms with Crippen molar-refractivity contribution in [3.8, 4) is 17.6 Å². The van der Waals surface area contributed by atoms with Crippen molar-refractivity contribution in [2.75, 3.05) is 12.4 Å². The lowest BCUT2D eigenvalue weighted by atomic mass is 10.1. The van der Waals surface area contributed by atoms with Crippen LogP contribution in [0.25, 0.3) is 0 Å². The van der Waals surface area contributed by atoms with Crippen molar-refractivity contribution >= 4 is 11.7 Å². The van der Waals surface area contributed by atoms with Crippen LogP contribution in [0.15, 0.2) is 72.8 Å². The smallest absolute Gasteiger partial charge is 0.330 e. The number of carboxylic acid groups (broad SMARTS) is 1. The van der Waals surface area contributed by atoms with Gasteiger partial charge in [-0.3, -0.25) is 0 Å². The number of rotatable bonds is 8. The number of ether oxygens (including phenoxy) is 2. The van der Waals surface area contributed by atoms with Crippen molar-refractivity contribution in [2.24, 2.45) is 0 Å². The Morgan fingerprint density at radius 2 is 1.79 bits per heavy atom. The predicted molar refractivity (Wildman–Crippen MR) is 109 cm³/mol. The first-order valence-electron chi connectivity index (χ1n) is 8.95. The highest BCUT2D eigenvalue weighted by Crippen LogP contribution is 2.32. The number of carboxylic acids is 1. The molecule has 0 heterocycles. The summed E-state index contributed by atoms with van der Waals surface area (Å²) in [6.07, 6.45) is 0. The van der Waals surface area contributed by atoms with Gasteiger partial charge in [0.15, 0.2) is 17.5 Å². The van der Waals surface area contributed by atoms with E-state index in [4.69, 9.17) is 14.7 Å². The Balaban J connectivity index is 1.79. The van der Waals surface area contributed by atoms with E-state index >= 15 is 0 Å². The molecule has 0 fully saturated rings. The molecule has 2 N–H and O–H groups in total. The van der Waals surface area contributed by atoms with Gasteiger partial charge in [0.1, 0.15) is 6.61 Å². The minimum absolute atomic E-state index is 0.377. The maximum Gasteiger partial charge on any atom is 0.330 e. The van der Waals surface area contributed by atoms with Crippen LogP contribution in [-0.2, 0) is 11.4 Å².